The molecule has 42 heavy (non-hydrogen) atoms. The molecule has 3 aliphatic rings. The van der Waals surface area contributed by atoms with E-state index >= 15 is 0 Å². The van der Waals surface area contributed by atoms with Crippen molar-refractivity contribution in [1.82, 2.24) is 5.32 Å². The molecule has 1 fully saturated rings. The number of benzene rings is 2. The first-order valence-corrected chi connectivity index (χ1v) is 14.9. The summed E-state index contributed by atoms with van der Waals surface area (Å²) in [6.07, 6.45) is 5.55. The van der Waals surface area contributed by atoms with Crippen LogP contribution in [0.4, 0.5) is 0 Å². The molecule has 2 aromatic rings. The highest BCUT2D eigenvalue weighted by molar-refractivity contribution is 6.04. The van der Waals surface area contributed by atoms with Crippen molar-refractivity contribution >= 4 is 11.8 Å². The van der Waals surface area contributed by atoms with Gasteiger partial charge in [-0.15, -0.1) is 0 Å². The summed E-state index contributed by atoms with van der Waals surface area (Å²) in [5, 5.41) is 3.45. The Balaban J connectivity index is 1.55. The van der Waals surface area contributed by atoms with Crippen molar-refractivity contribution < 1.29 is 33.3 Å². The molecule has 8 nitrogen and oxygen atoms in total. The molecule has 5 rings (SSSR count). The molecule has 1 saturated carbocycles. The fourth-order valence-electron chi connectivity index (χ4n) is 6.40. The van der Waals surface area contributed by atoms with Gasteiger partial charge in [-0.1, -0.05) is 19.1 Å². The largest absolute Gasteiger partial charge is 0.493 e. The van der Waals surface area contributed by atoms with E-state index < -0.39 is 5.92 Å². The molecule has 224 valence electrons. The minimum Gasteiger partial charge on any atom is -0.493 e. The van der Waals surface area contributed by atoms with Crippen molar-refractivity contribution in [3.05, 3.63) is 70.1 Å². The third kappa shape index (κ3) is 5.85. The van der Waals surface area contributed by atoms with Gasteiger partial charge in [0.25, 0.3) is 0 Å². The van der Waals surface area contributed by atoms with Crippen LogP contribution in [-0.4, -0.2) is 45.8 Å². The van der Waals surface area contributed by atoms with Crippen molar-refractivity contribution in [3.63, 3.8) is 0 Å². The number of dihydropyridines is 1. The first-order chi connectivity index (χ1) is 20.4. The van der Waals surface area contributed by atoms with Gasteiger partial charge in [0.2, 0.25) is 0 Å². The summed E-state index contributed by atoms with van der Waals surface area (Å²) >= 11 is 0. The monoisotopic (exact) mass is 575 g/mol. The Morgan fingerprint density at radius 1 is 0.881 bits per heavy atom. The van der Waals surface area contributed by atoms with Crippen LogP contribution in [-0.2, 0) is 14.3 Å². The lowest BCUT2D eigenvalue weighted by Crippen LogP contribution is -2.36. The molecule has 1 heterocycles. The molecule has 0 saturated heterocycles. The Hall–Kier alpha value is -3.94. The summed E-state index contributed by atoms with van der Waals surface area (Å²) in [7, 11) is 4.81. The van der Waals surface area contributed by atoms with E-state index in [-0.39, 0.29) is 23.8 Å². The zero-order chi connectivity index (χ0) is 29.8. The Labute approximate surface area is 248 Å². The average Bonchev–Trinajstić information content (AvgIpc) is 3.51. The maximum absolute atomic E-state index is 14.1. The van der Waals surface area contributed by atoms with Crippen LogP contribution in [0.5, 0.6) is 23.0 Å². The summed E-state index contributed by atoms with van der Waals surface area (Å²) in [5.74, 6) is 1.46. The lowest BCUT2D eigenvalue weighted by atomic mass is 9.71. The van der Waals surface area contributed by atoms with Crippen LogP contribution in [0.1, 0.15) is 81.8 Å². The van der Waals surface area contributed by atoms with Crippen molar-refractivity contribution in [1.29, 1.82) is 0 Å². The quantitative estimate of drug-likeness (QED) is 0.328. The van der Waals surface area contributed by atoms with Crippen LogP contribution in [0.2, 0.25) is 0 Å². The summed E-state index contributed by atoms with van der Waals surface area (Å²) in [5.41, 5.74) is 4.41. The van der Waals surface area contributed by atoms with E-state index in [1.807, 2.05) is 50.2 Å². The molecule has 0 bridgehead atoms. The van der Waals surface area contributed by atoms with Crippen LogP contribution in [0.3, 0.4) is 0 Å². The van der Waals surface area contributed by atoms with Crippen molar-refractivity contribution in [3.8, 4) is 23.0 Å². The second-order valence-corrected chi connectivity index (χ2v) is 11.2. The zero-order valence-corrected chi connectivity index (χ0v) is 25.2. The third-order valence-corrected chi connectivity index (χ3v) is 8.49. The van der Waals surface area contributed by atoms with E-state index in [1.165, 1.54) is 0 Å². The predicted octanol–water partition coefficient (Wildman–Crippen LogP) is 6.35. The molecular weight excluding hydrogens is 534 g/mol. The number of hydrogen-bond acceptors (Lipinski definition) is 8. The minimum atomic E-state index is -0.580. The normalized spacial score (nSPS) is 20.6. The van der Waals surface area contributed by atoms with E-state index in [1.54, 1.807) is 21.3 Å². The number of esters is 1. The van der Waals surface area contributed by atoms with Crippen LogP contribution in [0.25, 0.3) is 0 Å². The lowest BCUT2D eigenvalue weighted by Gasteiger charge is -2.37. The predicted molar refractivity (Wildman–Crippen MR) is 159 cm³/mol. The zero-order valence-electron chi connectivity index (χ0n) is 25.2. The van der Waals surface area contributed by atoms with Gasteiger partial charge in [0.1, 0.15) is 6.10 Å². The highest BCUT2D eigenvalue weighted by Gasteiger charge is 2.42. The summed E-state index contributed by atoms with van der Waals surface area (Å²) in [6.45, 7) is 4.50. The van der Waals surface area contributed by atoms with E-state index in [0.29, 0.717) is 59.3 Å². The van der Waals surface area contributed by atoms with E-state index in [0.717, 1.165) is 48.9 Å². The van der Waals surface area contributed by atoms with Crippen LogP contribution >= 0.6 is 0 Å². The summed E-state index contributed by atoms with van der Waals surface area (Å²) < 4.78 is 28.5. The van der Waals surface area contributed by atoms with Gasteiger partial charge >= 0.3 is 5.97 Å². The average molecular weight is 576 g/mol. The van der Waals surface area contributed by atoms with Crippen molar-refractivity contribution in [2.45, 2.75) is 76.7 Å². The van der Waals surface area contributed by atoms with Crippen molar-refractivity contribution in [2.24, 2.45) is 0 Å². The lowest BCUT2D eigenvalue weighted by molar-refractivity contribution is -0.144. The van der Waals surface area contributed by atoms with Crippen LogP contribution < -0.4 is 24.3 Å². The third-order valence-electron chi connectivity index (χ3n) is 8.49. The number of carbonyl (C=O) groups is 2. The number of carbonyl (C=O) groups excluding carboxylic acids is 2. The fourth-order valence-corrected chi connectivity index (χ4v) is 6.40. The van der Waals surface area contributed by atoms with Gasteiger partial charge in [-0.2, -0.15) is 0 Å². The molecule has 1 N–H and O–H groups in total. The number of Topliss-reactive ketones (excluding diaryl/α,β-unsaturated/α-hetero) is 1. The summed E-state index contributed by atoms with van der Waals surface area (Å²) in [6, 6.07) is 11.5. The Morgan fingerprint density at radius 2 is 1.52 bits per heavy atom. The van der Waals surface area contributed by atoms with Gasteiger partial charge in [-0.3, -0.25) is 4.79 Å². The maximum Gasteiger partial charge on any atom is 0.337 e. The van der Waals surface area contributed by atoms with E-state index in [4.69, 9.17) is 23.7 Å². The van der Waals surface area contributed by atoms with Gasteiger partial charge in [-0.05, 0) is 86.8 Å². The second-order valence-electron chi connectivity index (χ2n) is 11.2. The van der Waals surface area contributed by atoms with Crippen molar-refractivity contribution in [2.75, 3.05) is 27.9 Å². The Morgan fingerprint density at radius 3 is 2.21 bits per heavy atom. The summed E-state index contributed by atoms with van der Waals surface area (Å²) in [4.78, 5) is 27.8. The number of nitrogens with one attached hydrogen (secondary N) is 1. The van der Waals surface area contributed by atoms with Gasteiger partial charge in [0, 0.05) is 29.3 Å². The molecule has 0 amide bonds. The smallest absolute Gasteiger partial charge is 0.337 e. The number of rotatable bonds is 10. The number of methoxy groups -OCH3 is 3. The topological polar surface area (TPSA) is 92.3 Å². The number of hydrogen-bond donors (Lipinski definition) is 1. The van der Waals surface area contributed by atoms with Gasteiger partial charge in [0.15, 0.2) is 28.8 Å². The highest BCUT2D eigenvalue weighted by Crippen LogP contribution is 2.48. The van der Waals surface area contributed by atoms with Gasteiger partial charge in [-0.25, -0.2) is 4.79 Å². The van der Waals surface area contributed by atoms with Gasteiger partial charge in [0.05, 0.1) is 33.5 Å². The standard InChI is InChI=1S/C34H41NO7/c1-6-15-41-28-14-12-22(19-30(28)40-5)32-31(34(37)42-24-9-7-8-10-24)20(2)35-25-16-23(17-26(36)33(25)32)21-11-13-27(38-3)29(18-21)39-4/h11-14,18-19,23-24,32,35H,6-10,15-17H2,1-5H3/t23-,32-/m1/s1. The van der Waals surface area contributed by atoms with E-state index in [2.05, 4.69) is 5.32 Å². The fraction of sp³-hybridized carbons (Fsp3) is 0.471. The molecule has 0 spiro atoms. The Bertz CT molecular complexity index is 1400. The minimum absolute atomic E-state index is 0.00234. The highest BCUT2D eigenvalue weighted by atomic mass is 16.5. The van der Waals surface area contributed by atoms with E-state index in [9.17, 15) is 9.59 Å². The molecule has 1 aliphatic heterocycles. The molecule has 8 heteroatoms. The molecule has 0 radical (unpaired) electrons. The number of allylic oxidation sites excluding steroid dienone is 3. The molecule has 2 aliphatic carbocycles. The molecule has 2 atom stereocenters. The first kappa shape index (κ1) is 29.5. The SMILES string of the molecule is CCCOc1ccc([C@@H]2C(C(=O)OC3CCCC3)=C(C)NC3=C2C(=O)C[C@H](c2ccc(OC)c(OC)c2)C3)cc1OC. The van der Waals surface area contributed by atoms with Crippen LogP contribution in [0.15, 0.2) is 58.9 Å². The number of ketones is 1. The van der Waals surface area contributed by atoms with Gasteiger partial charge < -0.3 is 29.0 Å². The molecule has 0 unspecified atom stereocenters. The van der Waals surface area contributed by atoms with Crippen LogP contribution in [0, 0.1) is 0 Å². The maximum atomic E-state index is 14.1. The Kier molecular flexibility index (Phi) is 9.09. The molecule has 2 aromatic carbocycles. The first-order valence-electron chi connectivity index (χ1n) is 14.9. The molecule has 0 aromatic heterocycles. The number of ether oxygens (including phenoxy) is 5. The second kappa shape index (κ2) is 12.9. The molecular formula is C34H41NO7.